The number of likely N-dealkylation sites (tertiary alicyclic amines) is 1. The maximum Gasteiger partial charge on any atom is 0.119 e. The van der Waals surface area contributed by atoms with Gasteiger partial charge in [-0.1, -0.05) is 30.3 Å². The second kappa shape index (κ2) is 10.1. The van der Waals surface area contributed by atoms with Crippen molar-refractivity contribution < 1.29 is 14.6 Å². The molecule has 3 rings (SSSR count). The Labute approximate surface area is 160 Å². The van der Waals surface area contributed by atoms with Crippen LogP contribution in [-0.4, -0.2) is 48.5 Å². The monoisotopic (exact) mass is 366 g/mol. The second-order valence-corrected chi connectivity index (χ2v) is 6.90. The zero-order valence-corrected chi connectivity index (χ0v) is 15.5. The first kappa shape index (κ1) is 19.4. The van der Waals surface area contributed by atoms with Gasteiger partial charge < -0.3 is 19.5 Å². The first-order valence-corrected chi connectivity index (χ1v) is 9.42. The molecule has 1 fully saturated rings. The van der Waals surface area contributed by atoms with Gasteiger partial charge in [-0.25, -0.2) is 0 Å². The minimum atomic E-state index is -0.539. The van der Waals surface area contributed by atoms with E-state index in [-0.39, 0.29) is 12.7 Å². The topological polar surface area (TPSA) is 65.7 Å². The van der Waals surface area contributed by atoms with Crippen LogP contribution in [0.15, 0.2) is 54.6 Å². The fourth-order valence-electron chi connectivity index (χ4n) is 3.22. The van der Waals surface area contributed by atoms with E-state index in [0.717, 1.165) is 25.9 Å². The lowest BCUT2D eigenvalue weighted by molar-refractivity contribution is -0.0144. The Kier molecular flexibility index (Phi) is 7.23. The molecule has 0 saturated carbocycles. The van der Waals surface area contributed by atoms with Crippen LogP contribution in [0.3, 0.4) is 0 Å². The van der Waals surface area contributed by atoms with Gasteiger partial charge in [-0.3, -0.25) is 0 Å². The van der Waals surface area contributed by atoms with Gasteiger partial charge in [0.25, 0.3) is 0 Å². The third-order valence-electron chi connectivity index (χ3n) is 4.76. The summed E-state index contributed by atoms with van der Waals surface area (Å²) in [7, 11) is 0. The third kappa shape index (κ3) is 6.37. The van der Waals surface area contributed by atoms with Crippen LogP contribution in [0, 0.1) is 11.3 Å². The van der Waals surface area contributed by atoms with Crippen LogP contribution in [0.1, 0.15) is 24.0 Å². The van der Waals surface area contributed by atoms with Crippen molar-refractivity contribution in [2.75, 3.05) is 26.2 Å². The highest BCUT2D eigenvalue weighted by molar-refractivity contribution is 5.34. The number of aliphatic hydroxyl groups excluding tert-OH is 1. The van der Waals surface area contributed by atoms with E-state index in [2.05, 4.69) is 23.1 Å². The minimum absolute atomic E-state index is 0.246. The van der Waals surface area contributed by atoms with E-state index in [1.54, 1.807) is 24.3 Å². The van der Waals surface area contributed by atoms with Crippen molar-refractivity contribution in [3.8, 4) is 11.8 Å². The van der Waals surface area contributed by atoms with Crippen LogP contribution in [0.2, 0.25) is 0 Å². The molecule has 0 aromatic heterocycles. The molecule has 5 nitrogen and oxygen atoms in total. The first-order valence-electron chi connectivity index (χ1n) is 9.42. The maximum absolute atomic E-state index is 10.2. The molecular weight excluding hydrogens is 340 g/mol. The van der Waals surface area contributed by atoms with Crippen LogP contribution in [0.4, 0.5) is 0 Å². The van der Waals surface area contributed by atoms with E-state index < -0.39 is 6.10 Å². The summed E-state index contributed by atoms with van der Waals surface area (Å²) in [5.74, 6) is 0.668. The molecule has 0 aliphatic carbocycles. The van der Waals surface area contributed by atoms with Gasteiger partial charge in [0.2, 0.25) is 0 Å². The van der Waals surface area contributed by atoms with Crippen molar-refractivity contribution in [1.82, 2.24) is 4.90 Å². The van der Waals surface area contributed by atoms with Crippen molar-refractivity contribution in [1.29, 1.82) is 5.26 Å². The molecule has 1 heterocycles. The van der Waals surface area contributed by atoms with Crippen LogP contribution < -0.4 is 4.74 Å². The molecule has 1 unspecified atom stereocenters. The van der Waals surface area contributed by atoms with Crippen molar-refractivity contribution >= 4 is 0 Å². The molecule has 1 aliphatic heterocycles. The van der Waals surface area contributed by atoms with E-state index in [0.29, 0.717) is 24.5 Å². The molecule has 2 aromatic carbocycles. The van der Waals surface area contributed by atoms with Crippen LogP contribution in [0.5, 0.6) is 5.75 Å². The van der Waals surface area contributed by atoms with Crippen LogP contribution >= 0.6 is 0 Å². The Morgan fingerprint density at radius 2 is 1.78 bits per heavy atom. The molecule has 1 N–H and O–H groups in total. The number of ether oxygens (including phenoxy) is 2. The summed E-state index contributed by atoms with van der Waals surface area (Å²) in [4.78, 5) is 2.26. The molecule has 142 valence electrons. The Morgan fingerprint density at radius 1 is 1.07 bits per heavy atom. The average Bonchev–Trinajstić information content (AvgIpc) is 2.73. The number of rotatable bonds is 8. The highest BCUT2D eigenvalue weighted by Gasteiger charge is 2.21. The Balaban J connectivity index is 1.32. The zero-order chi connectivity index (χ0) is 18.9. The van der Waals surface area contributed by atoms with E-state index in [4.69, 9.17) is 14.7 Å². The summed E-state index contributed by atoms with van der Waals surface area (Å²) >= 11 is 0. The number of nitriles is 1. The molecule has 0 radical (unpaired) electrons. The summed E-state index contributed by atoms with van der Waals surface area (Å²) in [6.07, 6.45) is 1.71. The average molecular weight is 366 g/mol. The molecule has 1 aliphatic rings. The van der Waals surface area contributed by atoms with Crippen molar-refractivity contribution in [3.05, 3.63) is 65.7 Å². The van der Waals surface area contributed by atoms with Gasteiger partial charge in [0.05, 0.1) is 24.3 Å². The Hall–Kier alpha value is -2.39. The van der Waals surface area contributed by atoms with E-state index in [1.165, 1.54) is 5.56 Å². The number of benzene rings is 2. The molecule has 0 amide bonds. The molecule has 0 spiro atoms. The van der Waals surface area contributed by atoms with Gasteiger partial charge >= 0.3 is 0 Å². The van der Waals surface area contributed by atoms with Gasteiger partial charge in [0.1, 0.15) is 18.5 Å². The number of aliphatic hydroxyl groups is 1. The second-order valence-electron chi connectivity index (χ2n) is 6.90. The van der Waals surface area contributed by atoms with E-state index in [1.807, 2.05) is 18.2 Å². The maximum atomic E-state index is 10.2. The number of hydrogen-bond donors (Lipinski definition) is 1. The lowest BCUT2D eigenvalue weighted by Gasteiger charge is -2.33. The smallest absolute Gasteiger partial charge is 0.119 e. The van der Waals surface area contributed by atoms with Gasteiger partial charge in [-0.05, 0) is 42.7 Å². The molecule has 0 bridgehead atoms. The predicted molar refractivity (Wildman–Crippen MR) is 103 cm³/mol. The fraction of sp³-hybridized carbons (Fsp3) is 0.409. The zero-order valence-electron chi connectivity index (χ0n) is 15.5. The number of hydrogen-bond acceptors (Lipinski definition) is 5. The lowest BCUT2D eigenvalue weighted by atomic mass is 10.1. The summed E-state index contributed by atoms with van der Waals surface area (Å²) in [5, 5.41) is 19.0. The molecule has 1 atom stereocenters. The fourth-order valence-corrected chi connectivity index (χ4v) is 3.22. The predicted octanol–water partition coefficient (Wildman–Crippen LogP) is 2.98. The SMILES string of the molecule is N#Cc1ccc(OCC(O)CN2CCC(OCc3ccccc3)CC2)cc1. The molecule has 5 heteroatoms. The van der Waals surface area contributed by atoms with Gasteiger partial charge in [0, 0.05) is 19.6 Å². The normalized spacial score (nSPS) is 16.6. The Morgan fingerprint density at radius 3 is 2.44 bits per heavy atom. The van der Waals surface area contributed by atoms with Crippen LogP contribution in [-0.2, 0) is 11.3 Å². The van der Waals surface area contributed by atoms with Gasteiger partial charge in [-0.15, -0.1) is 0 Å². The van der Waals surface area contributed by atoms with E-state index >= 15 is 0 Å². The highest BCUT2D eigenvalue weighted by atomic mass is 16.5. The largest absolute Gasteiger partial charge is 0.491 e. The lowest BCUT2D eigenvalue weighted by Crippen LogP contribution is -2.42. The first-order chi connectivity index (χ1) is 13.2. The Bertz CT molecular complexity index is 719. The third-order valence-corrected chi connectivity index (χ3v) is 4.76. The number of piperidine rings is 1. The summed E-state index contributed by atoms with van der Waals surface area (Å²) in [6, 6.07) is 19.2. The highest BCUT2D eigenvalue weighted by Crippen LogP contribution is 2.16. The van der Waals surface area contributed by atoms with Crippen LogP contribution in [0.25, 0.3) is 0 Å². The quantitative estimate of drug-likeness (QED) is 0.778. The van der Waals surface area contributed by atoms with Crippen molar-refractivity contribution in [2.45, 2.75) is 31.7 Å². The number of β-amino-alcohol motifs (C(OH)–C–C–N with tert-alkyl or cyclic N) is 1. The standard InChI is InChI=1S/C22H26N2O3/c23-14-18-6-8-21(9-7-18)27-17-20(25)15-24-12-10-22(11-13-24)26-16-19-4-2-1-3-5-19/h1-9,20,22,25H,10-13,15-17H2. The van der Waals surface area contributed by atoms with Gasteiger partial charge in [-0.2, -0.15) is 5.26 Å². The molecule has 2 aromatic rings. The summed E-state index contributed by atoms with van der Waals surface area (Å²) < 4.78 is 11.6. The summed E-state index contributed by atoms with van der Waals surface area (Å²) in [6.45, 7) is 3.35. The number of nitrogens with zero attached hydrogens (tertiary/aromatic N) is 2. The summed E-state index contributed by atoms with van der Waals surface area (Å²) in [5.41, 5.74) is 1.80. The van der Waals surface area contributed by atoms with Crippen molar-refractivity contribution in [3.63, 3.8) is 0 Å². The van der Waals surface area contributed by atoms with E-state index in [9.17, 15) is 5.11 Å². The molecular formula is C22H26N2O3. The van der Waals surface area contributed by atoms with Gasteiger partial charge in [0.15, 0.2) is 0 Å². The molecule has 27 heavy (non-hydrogen) atoms. The van der Waals surface area contributed by atoms with Crippen molar-refractivity contribution in [2.24, 2.45) is 0 Å². The minimum Gasteiger partial charge on any atom is -0.491 e. The molecule has 1 saturated heterocycles.